The summed E-state index contributed by atoms with van der Waals surface area (Å²) < 4.78 is 12.7. The minimum absolute atomic E-state index is 0.0832. The van der Waals surface area contributed by atoms with Crippen LogP contribution < -0.4 is 0 Å². The lowest BCUT2D eigenvalue weighted by molar-refractivity contribution is -0.138. The van der Waals surface area contributed by atoms with E-state index in [4.69, 9.17) is 5.11 Å². The normalized spacial score (nSPS) is 12.1. The molecule has 0 amide bonds. The molecule has 1 aromatic rings. The predicted octanol–water partition coefficient (Wildman–Crippen LogP) is 1.83. The van der Waals surface area contributed by atoms with Crippen LogP contribution in [0.5, 0.6) is 0 Å². The second-order valence-corrected chi connectivity index (χ2v) is 2.95. The van der Waals surface area contributed by atoms with Crippen molar-refractivity contribution in [3.8, 4) is 0 Å². The molecule has 4 heteroatoms. The number of halogens is 1. The van der Waals surface area contributed by atoms with Crippen LogP contribution in [0.15, 0.2) is 18.2 Å². The van der Waals surface area contributed by atoms with E-state index in [9.17, 15) is 14.0 Å². The Labute approximate surface area is 80.2 Å². The number of carboxylic acid groups (broad SMARTS) is 1. The van der Waals surface area contributed by atoms with E-state index in [1.165, 1.54) is 13.0 Å². The van der Waals surface area contributed by atoms with Gasteiger partial charge in [0, 0.05) is 5.56 Å². The number of hydrogen-bond acceptors (Lipinski definition) is 2. The van der Waals surface area contributed by atoms with Crippen molar-refractivity contribution in [2.24, 2.45) is 0 Å². The van der Waals surface area contributed by atoms with Gasteiger partial charge < -0.3 is 5.11 Å². The van der Waals surface area contributed by atoms with Crippen molar-refractivity contribution < 1.29 is 19.1 Å². The van der Waals surface area contributed by atoms with Crippen molar-refractivity contribution in [1.29, 1.82) is 0 Å². The Morgan fingerprint density at radius 1 is 1.57 bits per heavy atom. The highest BCUT2D eigenvalue weighted by atomic mass is 19.1. The van der Waals surface area contributed by atoms with Crippen molar-refractivity contribution in [2.45, 2.75) is 12.8 Å². The molecule has 1 aromatic carbocycles. The standard InChI is InChI=1S/C10H9FO3/c1-6(10(13)14)9-3-2-8(11)4-7(9)5-12/h2-6H,1H3,(H,13,14). The Balaban J connectivity index is 3.20. The summed E-state index contributed by atoms with van der Waals surface area (Å²) in [6.07, 6.45) is 0.456. The third-order valence-corrected chi connectivity index (χ3v) is 2.01. The first kappa shape index (κ1) is 10.4. The van der Waals surface area contributed by atoms with Gasteiger partial charge in [0.2, 0.25) is 0 Å². The van der Waals surface area contributed by atoms with Crippen LogP contribution in [-0.2, 0) is 4.79 Å². The van der Waals surface area contributed by atoms with E-state index in [0.29, 0.717) is 11.8 Å². The molecule has 0 heterocycles. The first-order chi connectivity index (χ1) is 6.56. The van der Waals surface area contributed by atoms with Gasteiger partial charge in [-0.05, 0) is 24.6 Å². The summed E-state index contributed by atoms with van der Waals surface area (Å²) in [5.41, 5.74) is 0.411. The summed E-state index contributed by atoms with van der Waals surface area (Å²) in [5.74, 6) is -2.40. The zero-order chi connectivity index (χ0) is 10.7. The Morgan fingerprint density at radius 2 is 2.21 bits per heavy atom. The number of carbonyl (C=O) groups excluding carboxylic acids is 1. The summed E-state index contributed by atoms with van der Waals surface area (Å²) in [6.45, 7) is 1.45. The van der Waals surface area contributed by atoms with Gasteiger partial charge in [-0.15, -0.1) is 0 Å². The van der Waals surface area contributed by atoms with Crippen molar-refractivity contribution in [3.05, 3.63) is 35.1 Å². The fraction of sp³-hybridized carbons (Fsp3) is 0.200. The molecular formula is C10H9FO3. The smallest absolute Gasteiger partial charge is 0.310 e. The molecule has 1 unspecified atom stereocenters. The Hall–Kier alpha value is -1.71. The SMILES string of the molecule is CC(C(=O)O)c1ccc(F)cc1C=O. The van der Waals surface area contributed by atoms with Crippen LogP contribution in [0.3, 0.4) is 0 Å². The molecule has 0 radical (unpaired) electrons. The van der Waals surface area contributed by atoms with Crippen LogP contribution >= 0.6 is 0 Å². The van der Waals surface area contributed by atoms with E-state index in [1.807, 2.05) is 0 Å². The van der Waals surface area contributed by atoms with Crippen LogP contribution in [-0.4, -0.2) is 17.4 Å². The Kier molecular flexibility index (Phi) is 2.96. The molecule has 0 aliphatic heterocycles. The van der Waals surface area contributed by atoms with Crippen LogP contribution in [0.1, 0.15) is 28.8 Å². The predicted molar refractivity (Wildman–Crippen MR) is 47.8 cm³/mol. The lowest BCUT2D eigenvalue weighted by atomic mass is 9.96. The molecule has 1 rings (SSSR count). The number of aldehydes is 1. The van der Waals surface area contributed by atoms with Gasteiger partial charge in [-0.25, -0.2) is 4.39 Å². The third kappa shape index (κ3) is 1.96. The molecule has 1 atom stereocenters. The minimum Gasteiger partial charge on any atom is -0.481 e. The van der Waals surface area contributed by atoms with Crippen molar-refractivity contribution in [1.82, 2.24) is 0 Å². The molecule has 0 saturated carbocycles. The lowest BCUT2D eigenvalue weighted by Crippen LogP contribution is -2.10. The second kappa shape index (κ2) is 4.00. The van der Waals surface area contributed by atoms with Gasteiger partial charge in [0.05, 0.1) is 5.92 Å². The van der Waals surface area contributed by atoms with E-state index in [1.54, 1.807) is 0 Å². The number of carboxylic acids is 1. The highest BCUT2D eigenvalue weighted by molar-refractivity contribution is 5.83. The first-order valence-corrected chi connectivity index (χ1v) is 4.03. The third-order valence-electron chi connectivity index (χ3n) is 2.01. The maximum atomic E-state index is 12.7. The van der Waals surface area contributed by atoms with Crippen LogP contribution in [0.25, 0.3) is 0 Å². The molecule has 0 fully saturated rings. The van der Waals surface area contributed by atoms with E-state index < -0.39 is 17.7 Å². The van der Waals surface area contributed by atoms with Crippen molar-refractivity contribution in [3.63, 3.8) is 0 Å². The van der Waals surface area contributed by atoms with Gasteiger partial charge in [-0.2, -0.15) is 0 Å². The van der Waals surface area contributed by atoms with Crippen molar-refractivity contribution >= 4 is 12.3 Å². The quantitative estimate of drug-likeness (QED) is 0.750. The lowest BCUT2D eigenvalue weighted by Gasteiger charge is -2.08. The van der Waals surface area contributed by atoms with Gasteiger partial charge >= 0.3 is 5.97 Å². The second-order valence-electron chi connectivity index (χ2n) is 2.95. The van der Waals surface area contributed by atoms with Gasteiger partial charge in [-0.3, -0.25) is 9.59 Å². The summed E-state index contributed by atoms with van der Waals surface area (Å²) in [7, 11) is 0. The number of carbonyl (C=O) groups is 2. The minimum atomic E-state index is -1.04. The molecule has 0 aliphatic rings. The number of rotatable bonds is 3. The molecular weight excluding hydrogens is 187 g/mol. The van der Waals surface area contributed by atoms with E-state index >= 15 is 0 Å². The zero-order valence-corrected chi connectivity index (χ0v) is 7.53. The van der Waals surface area contributed by atoms with E-state index in [-0.39, 0.29) is 5.56 Å². The molecule has 0 aromatic heterocycles. The van der Waals surface area contributed by atoms with E-state index in [0.717, 1.165) is 12.1 Å². The molecule has 0 aliphatic carbocycles. The summed E-state index contributed by atoms with van der Waals surface area (Å²) in [6, 6.07) is 3.49. The summed E-state index contributed by atoms with van der Waals surface area (Å²) >= 11 is 0. The topological polar surface area (TPSA) is 54.4 Å². The fourth-order valence-electron chi connectivity index (χ4n) is 1.18. The van der Waals surface area contributed by atoms with Gasteiger partial charge in [0.25, 0.3) is 0 Å². The molecule has 0 saturated heterocycles. The van der Waals surface area contributed by atoms with Crippen molar-refractivity contribution in [2.75, 3.05) is 0 Å². The fourth-order valence-corrected chi connectivity index (χ4v) is 1.18. The zero-order valence-electron chi connectivity index (χ0n) is 7.53. The highest BCUT2D eigenvalue weighted by Gasteiger charge is 2.17. The monoisotopic (exact) mass is 196 g/mol. The molecule has 3 nitrogen and oxygen atoms in total. The van der Waals surface area contributed by atoms with Crippen LogP contribution in [0.4, 0.5) is 4.39 Å². The Morgan fingerprint density at radius 3 is 2.71 bits per heavy atom. The average Bonchev–Trinajstić information content (AvgIpc) is 2.16. The van der Waals surface area contributed by atoms with Gasteiger partial charge in [0.1, 0.15) is 12.1 Å². The average molecular weight is 196 g/mol. The van der Waals surface area contributed by atoms with E-state index in [2.05, 4.69) is 0 Å². The molecule has 14 heavy (non-hydrogen) atoms. The number of hydrogen-bond donors (Lipinski definition) is 1. The van der Waals surface area contributed by atoms with Crippen LogP contribution in [0, 0.1) is 5.82 Å². The van der Waals surface area contributed by atoms with Gasteiger partial charge in [0.15, 0.2) is 0 Å². The van der Waals surface area contributed by atoms with Crippen LogP contribution in [0.2, 0.25) is 0 Å². The molecule has 0 bridgehead atoms. The number of benzene rings is 1. The molecule has 1 N–H and O–H groups in total. The largest absolute Gasteiger partial charge is 0.481 e. The Bertz CT molecular complexity index is 374. The maximum absolute atomic E-state index is 12.7. The summed E-state index contributed by atoms with van der Waals surface area (Å²) in [4.78, 5) is 21.2. The maximum Gasteiger partial charge on any atom is 0.310 e. The highest BCUT2D eigenvalue weighted by Crippen LogP contribution is 2.19. The first-order valence-electron chi connectivity index (χ1n) is 4.03. The summed E-state index contributed by atoms with van der Waals surface area (Å²) in [5, 5.41) is 8.72. The molecule has 74 valence electrons. The van der Waals surface area contributed by atoms with Gasteiger partial charge in [-0.1, -0.05) is 6.07 Å². The number of aliphatic carboxylic acids is 1. The molecule has 0 spiro atoms.